The molecule has 1 heterocycles. The van der Waals surface area contributed by atoms with Crippen LogP contribution in [0.4, 0.5) is 10.2 Å². The van der Waals surface area contributed by atoms with E-state index in [2.05, 4.69) is 10.3 Å². The second-order valence-corrected chi connectivity index (χ2v) is 6.14. The van der Waals surface area contributed by atoms with Gasteiger partial charge in [0.15, 0.2) is 11.6 Å². The Balaban J connectivity index is 1.96. The molecule has 0 saturated carbocycles. The number of carbonyl (C=O) groups is 1. The topological polar surface area (TPSA) is 86.5 Å². The van der Waals surface area contributed by atoms with Crippen molar-refractivity contribution in [1.82, 2.24) is 10.3 Å². The lowest BCUT2D eigenvalue weighted by Crippen LogP contribution is -2.25. The molecule has 7 heteroatoms. The Morgan fingerprint density at radius 2 is 2.14 bits per heavy atom. The quantitative estimate of drug-likeness (QED) is 0.480. The van der Waals surface area contributed by atoms with Crippen molar-refractivity contribution in [2.24, 2.45) is 0 Å². The molecule has 0 unspecified atom stereocenters. The van der Waals surface area contributed by atoms with Crippen LogP contribution >= 0.6 is 0 Å². The third-order valence-corrected chi connectivity index (χ3v) is 4.01. The number of nitrogen functional groups attached to an aromatic ring is 1. The highest BCUT2D eigenvalue weighted by Crippen LogP contribution is 2.21. The third kappa shape index (κ3) is 6.06. The molecule has 0 spiro atoms. The maximum absolute atomic E-state index is 14.6. The van der Waals surface area contributed by atoms with Crippen molar-refractivity contribution in [2.75, 3.05) is 19.5 Å². The Bertz CT molecular complexity index is 825. The predicted molar refractivity (Wildman–Crippen MR) is 106 cm³/mol. The first kappa shape index (κ1) is 21.4. The van der Waals surface area contributed by atoms with Gasteiger partial charge in [0.2, 0.25) is 0 Å². The highest BCUT2D eigenvalue weighted by atomic mass is 19.1. The summed E-state index contributed by atoms with van der Waals surface area (Å²) in [5.74, 6) is -0.621. The molecule has 0 bridgehead atoms. The number of amides is 1. The number of pyridine rings is 1. The van der Waals surface area contributed by atoms with Crippen molar-refractivity contribution in [3.8, 4) is 5.75 Å². The monoisotopic (exact) mass is 387 g/mol. The fourth-order valence-corrected chi connectivity index (χ4v) is 2.56. The average Bonchev–Trinajstić information content (AvgIpc) is 2.68. The number of allylic oxidation sites excluding steroid dienone is 2. The maximum Gasteiger partial charge on any atom is 0.255 e. The number of unbranched alkanes of at least 4 members (excludes halogenated alkanes) is 1. The number of hydrogen-bond donors (Lipinski definition) is 2. The minimum atomic E-state index is -0.477. The van der Waals surface area contributed by atoms with Gasteiger partial charge in [-0.05, 0) is 38.0 Å². The van der Waals surface area contributed by atoms with Crippen LogP contribution in [0.2, 0.25) is 0 Å². The Kier molecular flexibility index (Phi) is 8.42. The molecule has 6 nitrogen and oxygen atoms in total. The molecule has 0 atom stereocenters. The smallest absolute Gasteiger partial charge is 0.255 e. The van der Waals surface area contributed by atoms with Crippen molar-refractivity contribution in [1.29, 1.82) is 0 Å². The Morgan fingerprint density at radius 3 is 2.86 bits per heavy atom. The van der Waals surface area contributed by atoms with Crippen LogP contribution in [0.3, 0.4) is 0 Å². The minimum Gasteiger partial charge on any atom is -0.490 e. The second-order valence-electron chi connectivity index (χ2n) is 6.14. The van der Waals surface area contributed by atoms with Gasteiger partial charge in [-0.15, -0.1) is 0 Å². The van der Waals surface area contributed by atoms with E-state index in [1.54, 1.807) is 37.4 Å². The number of methoxy groups -OCH3 is 1. The van der Waals surface area contributed by atoms with E-state index in [9.17, 15) is 9.18 Å². The second kappa shape index (κ2) is 11.0. The lowest BCUT2D eigenvalue weighted by atomic mass is 10.1. The van der Waals surface area contributed by atoms with E-state index in [1.807, 2.05) is 19.1 Å². The summed E-state index contributed by atoms with van der Waals surface area (Å²) >= 11 is 0. The third-order valence-electron chi connectivity index (χ3n) is 4.01. The number of aromatic nitrogens is 1. The van der Waals surface area contributed by atoms with Gasteiger partial charge in [0.25, 0.3) is 5.91 Å². The molecule has 0 saturated heterocycles. The highest BCUT2D eigenvalue weighted by molar-refractivity contribution is 5.98. The van der Waals surface area contributed by atoms with Crippen LogP contribution in [-0.4, -0.2) is 24.6 Å². The summed E-state index contributed by atoms with van der Waals surface area (Å²) in [6.07, 6.45) is 5.69. The largest absolute Gasteiger partial charge is 0.490 e. The van der Waals surface area contributed by atoms with Gasteiger partial charge in [-0.1, -0.05) is 24.3 Å². The Labute approximate surface area is 164 Å². The van der Waals surface area contributed by atoms with Crippen LogP contribution in [0.1, 0.15) is 41.4 Å². The average molecular weight is 387 g/mol. The zero-order chi connectivity index (χ0) is 20.4. The van der Waals surface area contributed by atoms with Crippen molar-refractivity contribution in [2.45, 2.75) is 32.9 Å². The number of ether oxygens (including phenoxy) is 2. The fourth-order valence-electron chi connectivity index (χ4n) is 2.56. The molecule has 1 amide bonds. The van der Waals surface area contributed by atoms with Crippen LogP contribution in [0.15, 0.2) is 42.5 Å². The molecule has 0 fully saturated rings. The van der Waals surface area contributed by atoms with E-state index < -0.39 is 11.7 Å². The molecule has 2 rings (SSSR count). The maximum atomic E-state index is 14.6. The lowest BCUT2D eigenvalue weighted by Gasteiger charge is -2.12. The fraction of sp³-hybridized carbons (Fsp3) is 0.333. The predicted octanol–water partition coefficient (Wildman–Crippen LogP) is 3.61. The summed E-state index contributed by atoms with van der Waals surface area (Å²) in [5.41, 5.74) is 7.03. The number of nitrogens with two attached hydrogens (primary N) is 1. The summed E-state index contributed by atoms with van der Waals surface area (Å²) in [4.78, 5) is 16.5. The number of nitrogens with one attached hydrogen (secondary N) is 1. The number of hydrogen-bond acceptors (Lipinski definition) is 5. The summed E-state index contributed by atoms with van der Waals surface area (Å²) in [6.45, 7) is 2.70. The molecule has 1 aromatic carbocycles. The lowest BCUT2D eigenvalue weighted by molar-refractivity contribution is 0.0951. The van der Waals surface area contributed by atoms with Gasteiger partial charge >= 0.3 is 0 Å². The summed E-state index contributed by atoms with van der Waals surface area (Å²) < 4.78 is 25.1. The van der Waals surface area contributed by atoms with Crippen molar-refractivity contribution in [3.05, 3.63) is 65.1 Å². The van der Waals surface area contributed by atoms with Gasteiger partial charge in [0.05, 0.1) is 24.5 Å². The molecule has 0 aliphatic carbocycles. The Morgan fingerprint density at radius 1 is 1.32 bits per heavy atom. The van der Waals surface area contributed by atoms with E-state index >= 15 is 0 Å². The first-order valence-corrected chi connectivity index (χ1v) is 9.10. The molecule has 150 valence electrons. The molecule has 0 aliphatic rings. The van der Waals surface area contributed by atoms with Gasteiger partial charge < -0.3 is 20.5 Å². The van der Waals surface area contributed by atoms with Crippen molar-refractivity contribution < 1.29 is 18.7 Å². The van der Waals surface area contributed by atoms with E-state index in [0.717, 1.165) is 12.8 Å². The van der Waals surface area contributed by atoms with Gasteiger partial charge in [-0.25, -0.2) is 9.37 Å². The summed E-state index contributed by atoms with van der Waals surface area (Å²) in [6, 6.07) is 8.11. The molecule has 0 radical (unpaired) electrons. The van der Waals surface area contributed by atoms with Gasteiger partial charge in [-0.3, -0.25) is 4.79 Å². The van der Waals surface area contributed by atoms with E-state index in [0.29, 0.717) is 24.5 Å². The zero-order valence-corrected chi connectivity index (χ0v) is 16.2. The number of nitrogens with zero attached hydrogens (tertiary/aromatic N) is 1. The zero-order valence-electron chi connectivity index (χ0n) is 16.2. The van der Waals surface area contributed by atoms with Crippen molar-refractivity contribution >= 4 is 11.7 Å². The molecular formula is C21H26FN3O3. The number of halogens is 1. The molecule has 3 N–H and O–H groups in total. The first-order valence-electron chi connectivity index (χ1n) is 9.10. The number of benzene rings is 1. The standard InChI is InChI=1S/C21H26FN3O3/c1-3-4-5-6-12-28-18-9-7-8-15(19(18)22)13-24-21(26)17-11-10-16(14-27-2)25-20(17)23/h3-4,7-11H,5-6,12-14H2,1-2H3,(H2,23,25)(H,24,26)/b4-3+. The van der Waals surface area contributed by atoms with Crippen LogP contribution in [0.5, 0.6) is 5.75 Å². The van der Waals surface area contributed by atoms with Gasteiger partial charge in [0.1, 0.15) is 5.82 Å². The molecular weight excluding hydrogens is 361 g/mol. The normalized spacial score (nSPS) is 11.0. The SMILES string of the molecule is C/C=C/CCCOc1cccc(CNC(=O)c2ccc(COC)nc2N)c1F. The summed E-state index contributed by atoms with van der Waals surface area (Å²) in [7, 11) is 1.55. The van der Waals surface area contributed by atoms with Crippen LogP contribution in [-0.2, 0) is 17.9 Å². The minimum absolute atomic E-state index is 0.0136. The Hall–Kier alpha value is -2.93. The van der Waals surface area contributed by atoms with Crippen LogP contribution in [0.25, 0.3) is 0 Å². The molecule has 2 aromatic rings. The van der Waals surface area contributed by atoms with E-state index in [-0.39, 0.29) is 23.7 Å². The van der Waals surface area contributed by atoms with E-state index in [4.69, 9.17) is 15.2 Å². The van der Waals surface area contributed by atoms with Gasteiger partial charge in [-0.2, -0.15) is 0 Å². The van der Waals surface area contributed by atoms with Gasteiger partial charge in [0, 0.05) is 19.2 Å². The van der Waals surface area contributed by atoms with Crippen LogP contribution in [0, 0.1) is 5.82 Å². The number of rotatable bonds is 10. The number of anilines is 1. The van der Waals surface area contributed by atoms with E-state index in [1.165, 1.54) is 0 Å². The van der Waals surface area contributed by atoms with Crippen molar-refractivity contribution in [3.63, 3.8) is 0 Å². The van der Waals surface area contributed by atoms with Crippen LogP contribution < -0.4 is 15.8 Å². The summed E-state index contributed by atoms with van der Waals surface area (Å²) in [5, 5.41) is 2.66. The molecule has 1 aromatic heterocycles. The molecule has 0 aliphatic heterocycles. The molecule has 28 heavy (non-hydrogen) atoms. The first-order chi connectivity index (χ1) is 13.6. The highest BCUT2D eigenvalue weighted by Gasteiger charge is 2.14. The number of carbonyl (C=O) groups excluding carboxylic acids is 1.